The maximum absolute atomic E-state index is 12.3. The lowest BCUT2D eigenvalue weighted by atomic mass is 9.85. The Morgan fingerprint density at radius 1 is 1.44 bits per heavy atom. The molecular weight excluding hydrogens is 228 g/mol. The van der Waals surface area contributed by atoms with Crippen LogP contribution >= 0.6 is 0 Å². The first-order chi connectivity index (χ1) is 8.70. The van der Waals surface area contributed by atoms with Gasteiger partial charge in [0.15, 0.2) is 0 Å². The highest BCUT2D eigenvalue weighted by molar-refractivity contribution is 5.95. The van der Waals surface area contributed by atoms with Gasteiger partial charge in [-0.25, -0.2) is 0 Å². The van der Waals surface area contributed by atoms with Crippen molar-refractivity contribution in [3.05, 3.63) is 24.3 Å². The SMILES string of the molecule is COc1cccc(NC(=O)C2(CN)CCCC2)c1. The van der Waals surface area contributed by atoms with E-state index in [0.717, 1.165) is 37.1 Å². The van der Waals surface area contributed by atoms with E-state index in [-0.39, 0.29) is 11.3 Å². The number of nitrogens with two attached hydrogens (primary N) is 1. The summed E-state index contributed by atoms with van der Waals surface area (Å²) >= 11 is 0. The van der Waals surface area contributed by atoms with E-state index in [1.165, 1.54) is 0 Å². The molecule has 0 heterocycles. The number of carbonyl (C=O) groups excluding carboxylic acids is 1. The fourth-order valence-electron chi connectivity index (χ4n) is 2.54. The summed E-state index contributed by atoms with van der Waals surface area (Å²) in [7, 11) is 1.61. The van der Waals surface area contributed by atoms with Gasteiger partial charge in [0, 0.05) is 18.3 Å². The van der Waals surface area contributed by atoms with Gasteiger partial charge in [-0.2, -0.15) is 0 Å². The number of rotatable bonds is 4. The predicted molar refractivity (Wildman–Crippen MR) is 71.6 cm³/mol. The van der Waals surface area contributed by atoms with Gasteiger partial charge in [-0.15, -0.1) is 0 Å². The van der Waals surface area contributed by atoms with Crippen molar-refractivity contribution in [1.82, 2.24) is 0 Å². The second kappa shape index (κ2) is 5.40. The van der Waals surface area contributed by atoms with Gasteiger partial charge in [0.25, 0.3) is 0 Å². The van der Waals surface area contributed by atoms with Gasteiger partial charge in [0.05, 0.1) is 12.5 Å². The van der Waals surface area contributed by atoms with Crippen LogP contribution in [0.3, 0.4) is 0 Å². The summed E-state index contributed by atoms with van der Waals surface area (Å²) in [6, 6.07) is 7.39. The number of hydrogen-bond acceptors (Lipinski definition) is 3. The smallest absolute Gasteiger partial charge is 0.231 e. The third kappa shape index (κ3) is 2.48. The van der Waals surface area contributed by atoms with Crippen molar-refractivity contribution < 1.29 is 9.53 Å². The van der Waals surface area contributed by atoms with Crippen molar-refractivity contribution >= 4 is 11.6 Å². The van der Waals surface area contributed by atoms with E-state index in [1.54, 1.807) is 7.11 Å². The monoisotopic (exact) mass is 248 g/mol. The summed E-state index contributed by atoms with van der Waals surface area (Å²) in [5, 5.41) is 2.95. The fourth-order valence-corrected chi connectivity index (χ4v) is 2.54. The Balaban J connectivity index is 2.10. The lowest BCUT2D eigenvalue weighted by Gasteiger charge is -2.25. The number of nitrogens with one attached hydrogen (secondary N) is 1. The first-order valence-electron chi connectivity index (χ1n) is 6.36. The van der Waals surface area contributed by atoms with Crippen LogP contribution in [0.25, 0.3) is 0 Å². The second-order valence-corrected chi connectivity index (χ2v) is 4.88. The number of carbonyl (C=O) groups is 1. The van der Waals surface area contributed by atoms with Gasteiger partial charge in [-0.3, -0.25) is 4.79 Å². The molecule has 18 heavy (non-hydrogen) atoms. The lowest BCUT2D eigenvalue weighted by molar-refractivity contribution is -0.124. The molecule has 0 unspecified atom stereocenters. The van der Waals surface area contributed by atoms with E-state index < -0.39 is 0 Å². The van der Waals surface area contributed by atoms with Crippen LogP contribution < -0.4 is 15.8 Å². The minimum Gasteiger partial charge on any atom is -0.497 e. The predicted octanol–water partition coefficient (Wildman–Crippen LogP) is 2.15. The van der Waals surface area contributed by atoms with E-state index in [4.69, 9.17) is 10.5 Å². The Kier molecular flexibility index (Phi) is 3.87. The van der Waals surface area contributed by atoms with E-state index >= 15 is 0 Å². The van der Waals surface area contributed by atoms with Crippen molar-refractivity contribution in [2.24, 2.45) is 11.1 Å². The van der Waals surface area contributed by atoms with Crippen LogP contribution in [0.5, 0.6) is 5.75 Å². The molecule has 2 rings (SSSR count). The molecule has 1 amide bonds. The molecule has 1 aliphatic rings. The number of hydrogen-bond donors (Lipinski definition) is 2. The fraction of sp³-hybridized carbons (Fsp3) is 0.500. The molecule has 0 atom stereocenters. The zero-order valence-corrected chi connectivity index (χ0v) is 10.7. The van der Waals surface area contributed by atoms with Gasteiger partial charge in [-0.05, 0) is 25.0 Å². The van der Waals surface area contributed by atoms with Crippen molar-refractivity contribution in [3.63, 3.8) is 0 Å². The molecule has 0 radical (unpaired) electrons. The molecule has 3 N–H and O–H groups in total. The molecule has 1 aliphatic carbocycles. The third-order valence-corrected chi connectivity index (χ3v) is 3.76. The van der Waals surface area contributed by atoms with Gasteiger partial charge >= 0.3 is 0 Å². The molecule has 0 spiro atoms. The standard InChI is InChI=1S/C14H20N2O2/c1-18-12-6-4-5-11(9-12)16-13(17)14(10-15)7-2-3-8-14/h4-6,9H,2-3,7-8,10,15H2,1H3,(H,16,17). The van der Waals surface area contributed by atoms with Crippen LogP contribution in [0.1, 0.15) is 25.7 Å². The molecule has 1 fully saturated rings. The molecule has 0 aliphatic heterocycles. The lowest BCUT2D eigenvalue weighted by Crippen LogP contribution is -2.40. The van der Waals surface area contributed by atoms with Crippen molar-refractivity contribution in [2.75, 3.05) is 19.0 Å². The minimum atomic E-state index is -0.372. The van der Waals surface area contributed by atoms with Crippen LogP contribution in [0, 0.1) is 5.41 Å². The van der Waals surface area contributed by atoms with Crippen LogP contribution in [0.2, 0.25) is 0 Å². The number of benzene rings is 1. The molecule has 0 bridgehead atoms. The molecule has 1 saturated carbocycles. The van der Waals surface area contributed by atoms with Crippen LogP contribution in [0.4, 0.5) is 5.69 Å². The number of ether oxygens (including phenoxy) is 1. The molecule has 4 heteroatoms. The zero-order valence-electron chi connectivity index (χ0n) is 10.7. The molecule has 0 aromatic heterocycles. The average molecular weight is 248 g/mol. The van der Waals surface area contributed by atoms with Gasteiger partial charge in [-0.1, -0.05) is 18.9 Å². The molecule has 1 aromatic rings. The van der Waals surface area contributed by atoms with Crippen LogP contribution in [-0.2, 0) is 4.79 Å². The second-order valence-electron chi connectivity index (χ2n) is 4.88. The zero-order chi connectivity index (χ0) is 13.0. The van der Waals surface area contributed by atoms with E-state index in [9.17, 15) is 4.79 Å². The summed E-state index contributed by atoms with van der Waals surface area (Å²) in [6.07, 6.45) is 3.95. The van der Waals surface area contributed by atoms with Gasteiger partial charge < -0.3 is 15.8 Å². The minimum absolute atomic E-state index is 0.0377. The molecular formula is C14H20N2O2. The quantitative estimate of drug-likeness (QED) is 0.858. The van der Waals surface area contributed by atoms with Crippen LogP contribution in [0.15, 0.2) is 24.3 Å². The number of methoxy groups -OCH3 is 1. The van der Waals surface area contributed by atoms with E-state index in [2.05, 4.69) is 5.32 Å². The first kappa shape index (κ1) is 12.9. The van der Waals surface area contributed by atoms with Crippen molar-refractivity contribution in [1.29, 1.82) is 0 Å². The Bertz CT molecular complexity index is 426. The maximum Gasteiger partial charge on any atom is 0.231 e. The summed E-state index contributed by atoms with van der Waals surface area (Å²) in [5.41, 5.74) is 6.18. The van der Waals surface area contributed by atoms with Gasteiger partial charge in [0.2, 0.25) is 5.91 Å². The summed E-state index contributed by atoms with van der Waals surface area (Å²) in [5.74, 6) is 0.775. The Morgan fingerprint density at radius 3 is 2.78 bits per heavy atom. The summed E-state index contributed by atoms with van der Waals surface area (Å²) < 4.78 is 5.14. The van der Waals surface area contributed by atoms with E-state index in [0.29, 0.717) is 6.54 Å². The van der Waals surface area contributed by atoms with Crippen LogP contribution in [-0.4, -0.2) is 19.6 Å². The molecule has 98 valence electrons. The molecule has 0 saturated heterocycles. The average Bonchev–Trinajstić information content (AvgIpc) is 2.89. The Morgan fingerprint density at radius 2 is 2.17 bits per heavy atom. The highest BCUT2D eigenvalue weighted by Crippen LogP contribution is 2.38. The van der Waals surface area contributed by atoms with E-state index in [1.807, 2.05) is 24.3 Å². The maximum atomic E-state index is 12.3. The highest BCUT2D eigenvalue weighted by Gasteiger charge is 2.39. The van der Waals surface area contributed by atoms with Gasteiger partial charge in [0.1, 0.15) is 5.75 Å². The normalized spacial score (nSPS) is 17.4. The summed E-state index contributed by atoms with van der Waals surface area (Å²) in [6.45, 7) is 0.419. The topological polar surface area (TPSA) is 64.3 Å². The number of amides is 1. The first-order valence-corrected chi connectivity index (χ1v) is 6.36. The van der Waals surface area contributed by atoms with Crippen molar-refractivity contribution in [2.45, 2.75) is 25.7 Å². The highest BCUT2D eigenvalue weighted by atomic mass is 16.5. The molecule has 4 nitrogen and oxygen atoms in total. The van der Waals surface area contributed by atoms with Crippen molar-refractivity contribution in [3.8, 4) is 5.75 Å². The Labute approximate surface area is 108 Å². The Hall–Kier alpha value is -1.55. The number of anilines is 1. The molecule has 1 aromatic carbocycles. The summed E-state index contributed by atoms with van der Waals surface area (Å²) in [4.78, 5) is 12.3. The largest absolute Gasteiger partial charge is 0.497 e. The third-order valence-electron chi connectivity index (χ3n) is 3.76.